The van der Waals surface area contributed by atoms with Gasteiger partial charge in [-0.15, -0.1) is 0 Å². The van der Waals surface area contributed by atoms with Crippen molar-refractivity contribution in [3.63, 3.8) is 0 Å². The highest BCUT2D eigenvalue weighted by molar-refractivity contribution is 5.71. The molecule has 0 fully saturated rings. The Bertz CT molecular complexity index is 1150. The van der Waals surface area contributed by atoms with Crippen molar-refractivity contribution in [1.29, 1.82) is 0 Å². The van der Waals surface area contributed by atoms with E-state index in [1.54, 1.807) is 0 Å². The number of rotatable bonds is 59. The Kier molecular flexibility index (Phi) is 58.6. The summed E-state index contributed by atoms with van der Waals surface area (Å²) in [4.78, 5) is 38.3. The molecule has 0 saturated carbocycles. The molecule has 0 aliphatic rings. The van der Waals surface area contributed by atoms with Crippen LogP contribution in [0, 0.1) is 0 Å². The third-order valence-corrected chi connectivity index (χ3v) is 14.4. The van der Waals surface area contributed by atoms with Gasteiger partial charge < -0.3 is 14.2 Å². The summed E-state index contributed by atoms with van der Waals surface area (Å²) in [7, 11) is 0. The quantitative estimate of drug-likeness (QED) is 0.0261. The van der Waals surface area contributed by atoms with Gasteiger partial charge in [-0.25, -0.2) is 0 Å². The second-order valence-corrected chi connectivity index (χ2v) is 21.7. The molecule has 0 bridgehead atoms. The van der Waals surface area contributed by atoms with Gasteiger partial charge in [0, 0.05) is 19.3 Å². The van der Waals surface area contributed by atoms with E-state index >= 15 is 0 Å². The standard InChI is InChI=1S/C65H122O6/c1-4-7-10-13-16-19-22-25-28-31-32-35-37-40-43-46-49-52-55-58-64(67)70-61-62(71-65(68)59-56-53-50-47-44-41-38-34-30-27-24-21-18-15-12-9-6-3)60-69-63(66)57-54-51-48-45-42-39-36-33-29-26-23-20-17-14-11-8-5-2/h27,30-32,62H,4-26,28-29,33-61H2,1-3H3/b30-27-,32-31-. The van der Waals surface area contributed by atoms with E-state index in [2.05, 4.69) is 45.1 Å². The minimum absolute atomic E-state index is 0.0694. The molecular formula is C65H122O6. The van der Waals surface area contributed by atoms with E-state index in [-0.39, 0.29) is 31.1 Å². The highest BCUT2D eigenvalue weighted by atomic mass is 16.6. The van der Waals surface area contributed by atoms with Crippen LogP contribution in [0.4, 0.5) is 0 Å². The molecule has 0 amide bonds. The fourth-order valence-electron chi connectivity index (χ4n) is 9.61. The molecule has 71 heavy (non-hydrogen) atoms. The summed E-state index contributed by atoms with van der Waals surface area (Å²) in [5, 5.41) is 0. The summed E-state index contributed by atoms with van der Waals surface area (Å²) < 4.78 is 16.9. The smallest absolute Gasteiger partial charge is 0.306 e. The molecule has 1 unspecified atom stereocenters. The molecule has 0 saturated heterocycles. The van der Waals surface area contributed by atoms with Gasteiger partial charge in [0.2, 0.25) is 0 Å². The lowest BCUT2D eigenvalue weighted by atomic mass is 10.0. The van der Waals surface area contributed by atoms with E-state index < -0.39 is 6.10 Å². The third-order valence-electron chi connectivity index (χ3n) is 14.4. The van der Waals surface area contributed by atoms with Gasteiger partial charge in [0.1, 0.15) is 13.2 Å². The summed E-state index contributed by atoms with van der Waals surface area (Å²) in [5.41, 5.74) is 0. The van der Waals surface area contributed by atoms with Gasteiger partial charge in [0.15, 0.2) is 6.10 Å². The molecule has 0 heterocycles. The Morgan fingerprint density at radius 3 is 0.704 bits per heavy atom. The number of hydrogen-bond donors (Lipinski definition) is 0. The van der Waals surface area contributed by atoms with Crippen molar-refractivity contribution in [1.82, 2.24) is 0 Å². The first kappa shape index (κ1) is 68.9. The lowest BCUT2D eigenvalue weighted by molar-refractivity contribution is -0.167. The van der Waals surface area contributed by atoms with Crippen LogP contribution in [-0.4, -0.2) is 37.2 Å². The molecule has 0 aliphatic heterocycles. The topological polar surface area (TPSA) is 78.9 Å². The summed E-state index contributed by atoms with van der Waals surface area (Å²) in [6.45, 7) is 6.69. The van der Waals surface area contributed by atoms with E-state index in [9.17, 15) is 14.4 Å². The minimum Gasteiger partial charge on any atom is -0.462 e. The van der Waals surface area contributed by atoms with Crippen LogP contribution in [0.3, 0.4) is 0 Å². The molecule has 0 radical (unpaired) electrons. The van der Waals surface area contributed by atoms with Gasteiger partial charge >= 0.3 is 17.9 Å². The molecule has 1 atom stereocenters. The van der Waals surface area contributed by atoms with Gasteiger partial charge in [-0.05, 0) is 70.6 Å². The minimum atomic E-state index is -0.772. The molecule has 0 aromatic rings. The number of allylic oxidation sites excluding steroid dienone is 4. The summed E-state index contributed by atoms with van der Waals surface area (Å²) >= 11 is 0. The van der Waals surface area contributed by atoms with Gasteiger partial charge in [0.05, 0.1) is 0 Å². The Hall–Kier alpha value is -2.11. The number of ether oxygens (including phenoxy) is 3. The number of carbonyl (C=O) groups is 3. The fourth-order valence-corrected chi connectivity index (χ4v) is 9.61. The zero-order valence-corrected chi connectivity index (χ0v) is 48.0. The molecule has 0 aromatic heterocycles. The third kappa shape index (κ3) is 58.7. The first-order valence-corrected chi connectivity index (χ1v) is 31.8. The molecular weight excluding hydrogens is 877 g/mol. The summed E-state index contributed by atoms with van der Waals surface area (Å²) in [6.07, 6.45) is 71.7. The van der Waals surface area contributed by atoms with E-state index in [0.29, 0.717) is 19.3 Å². The maximum atomic E-state index is 12.9. The first-order chi connectivity index (χ1) is 35.0. The monoisotopic (exact) mass is 999 g/mol. The molecule has 0 N–H and O–H groups in total. The molecule has 0 aromatic carbocycles. The van der Waals surface area contributed by atoms with Crippen molar-refractivity contribution in [2.45, 2.75) is 361 Å². The van der Waals surface area contributed by atoms with Crippen LogP contribution in [-0.2, 0) is 28.6 Å². The predicted molar refractivity (Wildman–Crippen MR) is 307 cm³/mol. The Morgan fingerprint density at radius 1 is 0.268 bits per heavy atom. The summed E-state index contributed by atoms with van der Waals surface area (Å²) in [6, 6.07) is 0. The first-order valence-electron chi connectivity index (χ1n) is 31.8. The van der Waals surface area contributed by atoms with Crippen molar-refractivity contribution in [2.24, 2.45) is 0 Å². The zero-order chi connectivity index (χ0) is 51.4. The maximum Gasteiger partial charge on any atom is 0.306 e. The number of esters is 3. The van der Waals surface area contributed by atoms with E-state index in [1.807, 2.05) is 0 Å². The highest BCUT2D eigenvalue weighted by Crippen LogP contribution is 2.17. The summed E-state index contributed by atoms with van der Waals surface area (Å²) in [5.74, 6) is -0.852. The molecule has 0 rings (SSSR count). The zero-order valence-electron chi connectivity index (χ0n) is 48.0. The van der Waals surface area contributed by atoms with Crippen molar-refractivity contribution in [2.75, 3.05) is 13.2 Å². The SMILES string of the molecule is CCCCCCCC/C=C\CCCCCCCCCC(=O)OC(COC(=O)CCCCCCCCC/C=C\CCCCCCCCCC)COC(=O)CCCCCCCCCCCCCCCCCCC. The maximum absolute atomic E-state index is 12.9. The molecule has 0 spiro atoms. The average Bonchev–Trinajstić information content (AvgIpc) is 3.37. The van der Waals surface area contributed by atoms with Crippen LogP contribution in [0.15, 0.2) is 24.3 Å². The Balaban J connectivity index is 4.33. The van der Waals surface area contributed by atoms with Crippen molar-refractivity contribution in [3.05, 3.63) is 24.3 Å². The second-order valence-electron chi connectivity index (χ2n) is 21.7. The molecule has 0 aliphatic carbocycles. The molecule has 418 valence electrons. The van der Waals surface area contributed by atoms with Crippen LogP contribution in [0.5, 0.6) is 0 Å². The van der Waals surface area contributed by atoms with Crippen LogP contribution in [0.25, 0.3) is 0 Å². The lowest BCUT2D eigenvalue weighted by Crippen LogP contribution is -2.30. The number of carbonyl (C=O) groups excluding carboxylic acids is 3. The molecule has 6 heteroatoms. The van der Waals surface area contributed by atoms with Gasteiger partial charge in [-0.1, -0.05) is 289 Å². The fraction of sp³-hybridized carbons (Fsp3) is 0.892. The van der Waals surface area contributed by atoms with Gasteiger partial charge in [-0.2, -0.15) is 0 Å². The van der Waals surface area contributed by atoms with Crippen LogP contribution in [0.2, 0.25) is 0 Å². The van der Waals surface area contributed by atoms with E-state index in [0.717, 1.165) is 57.8 Å². The normalized spacial score (nSPS) is 12.1. The van der Waals surface area contributed by atoms with Crippen LogP contribution >= 0.6 is 0 Å². The van der Waals surface area contributed by atoms with Crippen LogP contribution in [0.1, 0.15) is 355 Å². The largest absolute Gasteiger partial charge is 0.462 e. The Labute approximate surface area is 443 Å². The van der Waals surface area contributed by atoms with Gasteiger partial charge in [-0.3, -0.25) is 14.4 Å². The Morgan fingerprint density at radius 2 is 0.465 bits per heavy atom. The van der Waals surface area contributed by atoms with Gasteiger partial charge in [0.25, 0.3) is 0 Å². The highest BCUT2D eigenvalue weighted by Gasteiger charge is 2.19. The van der Waals surface area contributed by atoms with Crippen molar-refractivity contribution >= 4 is 17.9 Å². The number of hydrogen-bond acceptors (Lipinski definition) is 6. The molecule has 6 nitrogen and oxygen atoms in total. The lowest BCUT2D eigenvalue weighted by Gasteiger charge is -2.18. The van der Waals surface area contributed by atoms with Crippen molar-refractivity contribution < 1.29 is 28.6 Å². The van der Waals surface area contributed by atoms with E-state index in [4.69, 9.17) is 14.2 Å². The average molecular weight is 1000 g/mol. The second kappa shape index (κ2) is 60.4. The van der Waals surface area contributed by atoms with E-state index in [1.165, 1.54) is 257 Å². The van der Waals surface area contributed by atoms with Crippen LogP contribution < -0.4 is 0 Å². The van der Waals surface area contributed by atoms with Crippen molar-refractivity contribution in [3.8, 4) is 0 Å². The predicted octanol–water partition coefficient (Wildman–Crippen LogP) is 21.4. The number of unbranched alkanes of at least 4 members (excludes halogenated alkanes) is 44.